The average molecular weight is 445 g/mol. The number of carbonyl (C=O) groups excluding carboxylic acids is 1. The molecular formula is C22H21ClN2O4S. The van der Waals surface area contributed by atoms with E-state index in [0.29, 0.717) is 5.75 Å². The van der Waals surface area contributed by atoms with Gasteiger partial charge in [0.15, 0.2) is 0 Å². The first kappa shape index (κ1) is 21.7. The second-order valence-electron chi connectivity index (χ2n) is 6.61. The summed E-state index contributed by atoms with van der Waals surface area (Å²) in [6.45, 7) is 2.07. The Morgan fingerprint density at radius 2 is 1.63 bits per heavy atom. The molecule has 30 heavy (non-hydrogen) atoms. The first-order chi connectivity index (χ1) is 14.3. The van der Waals surface area contributed by atoms with Gasteiger partial charge in [0.25, 0.3) is 15.9 Å². The zero-order valence-electron chi connectivity index (χ0n) is 16.2. The molecule has 2 N–H and O–H groups in total. The van der Waals surface area contributed by atoms with Gasteiger partial charge in [0.2, 0.25) is 0 Å². The van der Waals surface area contributed by atoms with E-state index in [1.54, 1.807) is 25.1 Å². The van der Waals surface area contributed by atoms with Crippen molar-refractivity contribution < 1.29 is 17.9 Å². The maximum atomic E-state index is 12.6. The van der Waals surface area contributed by atoms with Gasteiger partial charge < -0.3 is 10.1 Å². The molecule has 0 aromatic heterocycles. The number of amides is 1. The Morgan fingerprint density at radius 1 is 1.00 bits per heavy atom. The van der Waals surface area contributed by atoms with Crippen molar-refractivity contribution in [3.8, 4) is 5.75 Å². The number of rotatable bonds is 8. The Morgan fingerprint density at radius 3 is 2.30 bits per heavy atom. The molecule has 0 unspecified atom stereocenters. The van der Waals surface area contributed by atoms with Gasteiger partial charge in [-0.2, -0.15) is 0 Å². The summed E-state index contributed by atoms with van der Waals surface area (Å²) < 4.78 is 33.1. The topological polar surface area (TPSA) is 84.5 Å². The number of ether oxygens (including phenoxy) is 1. The summed E-state index contributed by atoms with van der Waals surface area (Å²) in [5.74, 6) is 0.277. The molecule has 1 atom stereocenters. The van der Waals surface area contributed by atoms with E-state index in [1.807, 2.05) is 30.3 Å². The molecule has 0 aliphatic rings. The van der Waals surface area contributed by atoms with Crippen molar-refractivity contribution in [2.24, 2.45) is 0 Å². The Hall–Kier alpha value is -3.03. The van der Waals surface area contributed by atoms with E-state index in [1.165, 1.54) is 30.3 Å². The number of hydrogen-bond donors (Lipinski definition) is 2. The predicted octanol–water partition coefficient (Wildman–Crippen LogP) is 4.34. The third-order valence-electron chi connectivity index (χ3n) is 4.14. The van der Waals surface area contributed by atoms with Crippen LogP contribution in [0, 0.1) is 0 Å². The van der Waals surface area contributed by atoms with Crippen LogP contribution >= 0.6 is 11.6 Å². The number of sulfonamides is 1. The summed E-state index contributed by atoms with van der Waals surface area (Å²) in [6.07, 6.45) is 0. The molecule has 0 heterocycles. The molecule has 0 aliphatic heterocycles. The highest BCUT2D eigenvalue weighted by atomic mass is 35.5. The molecule has 8 heteroatoms. The molecule has 0 spiro atoms. The lowest BCUT2D eigenvalue weighted by molar-refractivity contribution is 0.0927. The Bertz CT molecular complexity index is 1110. The zero-order chi connectivity index (χ0) is 21.6. The number of anilines is 1. The van der Waals surface area contributed by atoms with Crippen LogP contribution in [0.2, 0.25) is 5.02 Å². The van der Waals surface area contributed by atoms with E-state index in [2.05, 4.69) is 10.0 Å². The average Bonchev–Trinajstić information content (AvgIpc) is 2.75. The van der Waals surface area contributed by atoms with Crippen molar-refractivity contribution >= 4 is 33.2 Å². The number of carbonyl (C=O) groups is 1. The van der Waals surface area contributed by atoms with Crippen LogP contribution in [0.25, 0.3) is 0 Å². The lowest BCUT2D eigenvalue weighted by atomic mass is 10.2. The highest BCUT2D eigenvalue weighted by Crippen LogP contribution is 2.23. The van der Waals surface area contributed by atoms with Crippen LogP contribution < -0.4 is 14.8 Å². The molecule has 6 nitrogen and oxygen atoms in total. The predicted molar refractivity (Wildman–Crippen MR) is 118 cm³/mol. The lowest BCUT2D eigenvalue weighted by Gasteiger charge is -2.16. The van der Waals surface area contributed by atoms with Crippen molar-refractivity contribution in [3.63, 3.8) is 0 Å². The molecular weight excluding hydrogens is 424 g/mol. The minimum absolute atomic E-state index is 0.123. The standard InChI is InChI=1S/C22H21ClN2O4S/c1-16(15-29-18-8-4-2-5-9-18)24-22(26)20-14-17(12-13-21(20)23)25-30(27,28)19-10-6-3-7-11-19/h2-14,16,25H,15H2,1H3,(H,24,26)/t16-/m0/s1. The molecule has 0 aliphatic carbocycles. The maximum Gasteiger partial charge on any atom is 0.261 e. The van der Waals surface area contributed by atoms with E-state index in [0.717, 1.165) is 0 Å². The van der Waals surface area contributed by atoms with Crippen molar-refractivity contribution in [1.82, 2.24) is 5.32 Å². The van der Waals surface area contributed by atoms with E-state index in [9.17, 15) is 13.2 Å². The highest BCUT2D eigenvalue weighted by Gasteiger charge is 2.18. The van der Waals surface area contributed by atoms with E-state index >= 15 is 0 Å². The minimum atomic E-state index is -3.78. The van der Waals surface area contributed by atoms with Crippen molar-refractivity contribution in [2.75, 3.05) is 11.3 Å². The van der Waals surface area contributed by atoms with Gasteiger partial charge in [-0.3, -0.25) is 9.52 Å². The van der Waals surface area contributed by atoms with Crippen LogP contribution in [-0.4, -0.2) is 27.0 Å². The molecule has 0 fully saturated rings. The Balaban J connectivity index is 1.67. The third kappa shape index (κ3) is 5.75. The van der Waals surface area contributed by atoms with Crippen LogP contribution in [0.5, 0.6) is 5.75 Å². The molecule has 0 bridgehead atoms. The fourth-order valence-corrected chi connectivity index (χ4v) is 3.93. The summed E-state index contributed by atoms with van der Waals surface area (Å²) in [4.78, 5) is 12.8. The molecule has 0 radical (unpaired) electrons. The zero-order valence-corrected chi connectivity index (χ0v) is 17.8. The first-order valence-electron chi connectivity index (χ1n) is 9.21. The van der Waals surface area contributed by atoms with Crippen LogP contribution in [0.4, 0.5) is 5.69 Å². The molecule has 0 saturated carbocycles. The van der Waals surface area contributed by atoms with Gasteiger partial charge in [0.1, 0.15) is 12.4 Å². The van der Waals surface area contributed by atoms with E-state index < -0.39 is 15.9 Å². The van der Waals surface area contributed by atoms with Crippen LogP contribution in [0.15, 0.2) is 83.8 Å². The van der Waals surface area contributed by atoms with Crippen molar-refractivity contribution in [3.05, 3.63) is 89.4 Å². The fraction of sp³-hybridized carbons (Fsp3) is 0.136. The van der Waals surface area contributed by atoms with Gasteiger partial charge >= 0.3 is 0 Å². The Kier molecular flexibility index (Phi) is 6.97. The molecule has 3 aromatic rings. The second kappa shape index (κ2) is 9.65. The summed E-state index contributed by atoms with van der Waals surface area (Å²) in [7, 11) is -3.78. The molecule has 1 amide bonds. The summed E-state index contributed by atoms with van der Waals surface area (Å²) >= 11 is 6.17. The summed E-state index contributed by atoms with van der Waals surface area (Å²) in [5, 5.41) is 3.02. The van der Waals surface area contributed by atoms with E-state index in [4.69, 9.17) is 16.3 Å². The highest BCUT2D eigenvalue weighted by molar-refractivity contribution is 7.92. The second-order valence-corrected chi connectivity index (χ2v) is 8.70. The lowest BCUT2D eigenvalue weighted by Crippen LogP contribution is -2.37. The summed E-state index contributed by atoms with van der Waals surface area (Å²) in [6, 6.07) is 21.3. The van der Waals surface area contributed by atoms with Crippen molar-refractivity contribution in [2.45, 2.75) is 17.9 Å². The number of benzene rings is 3. The summed E-state index contributed by atoms with van der Waals surface area (Å²) in [5.41, 5.74) is 0.401. The molecule has 3 aromatic carbocycles. The van der Waals surface area contributed by atoms with Crippen LogP contribution in [-0.2, 0) is 10.0 Å². The third-order valence-corrected chi connectivity index (χ3v) is 5.86. The number of nitrogens with one attached hydrogen (secondary N) is 2. The van der Waals surface area contributed by atoms with Gasteiger partial charge in [0, 0.05) is 5.69 Å². The number of halogens is 1. The van der Waals surface area contributed by atoms with Gasteiger partial charge in [-0.1, -0.05) is 48.0 Å². The quantitative estimate of drug-likeness (QED) is 0.541. The largest absolute Gasteiger partial charge is 0.491 e. The van der Waals surface area contributed by atoms with Gasteiger partial charge in [-0.15, -0.1) is 0 Å². The van der Waals surface area contributed by atoms with Crippen LogP contribution in [0.3, 0.4) is 0 Å². The van der Waals surface area contributed by atoms with Gasteiger partial charge in [-0.25, -0.2) is 8.42 Å². The maximum absolute atomic E-state index is 12.6. The molecule has 3 rings (SSSR count). The van der Waals surface area contributed by atoms with E-state index in [-0.39, 0.29) is 33.8 Å². The smallest absolute Gasteiger partial charge is 0.261 e. The van der Waals surface area contributed by atoms with Gasteiger partial charge in [0.05, 0.1) is 21.5 Å². The first-order valence-corrected chi connectivity index (χ1v) is 11.1. The Labute approximate surface area is 180 Å². The molecule has 156 valence electrons. The fourth-order valence-electron chi connectivity index (χ4n) is 2.66. The minimum Gasteiger partial charge on any atom is -0.491 e. The number of hydrogen-bond acceptors (Lipinski definition) is 4. The van der Waals surface area contributed by atoms with Gasteiger partial charge in [-0.05, 0) is 49.4 Å². The van der Waals surface area contributed by atoms with Crippen molar-refractivity contribution in [1.29, 1.82) is 0 Å². The monoisotopic (exact) mass is 444 g/mol. The van der Waals surface area contributed by atoms with Crippen LogP contribution in [0.1, 0.15) is 17.3 Å². The normalized spacial score (nSPS) is 12.1. The number of para-hydroxylation sites is 1. The molecule has 0 saturated heterocycles. The SMILES string of the molecule is C[C@@H](COc1ccccc1)NC(=O)c1cc(NS(=O)(=O)c2ccccc2)ccc1Cl.